The Balaban J connectivity index is 1.63. The number of rotatable bonds is 5. The summed E-state index contributed by atoms with van der Waals surface area (Å²) in [7, 11) is 0. The predicted molar refractivity (Wildman–Crippen MR) is 104 cm³/mol. The monoisotopic (exact) mass is 347 g/mol. The summed E-state index contributed by atoms with van der Waals surface area (Å²) in [6.07, 6.45) is 5.38. The van der Waals surface area contributed by atoms with E-state index in [9.17, 15) is 4.79 Å². The average molecular weight is 347 g/mol. The van der Waals surface area contributed by atoms with Crippen LogP contribution in [-0.4, -0.2) is 21.5 Å². The van der Waals surface area contributed by atoms with Gasteiger partial charge in [-0.3, -0.25) is 4.79 Å². The highest BCUT2D eigenvalue weighted by Crippen LogP contribution is 2.21. The lowest BCUT2D eigenvalue weighted by Gasteiger charge is -2.14. The van der Waals surface area contributed by atoms with Crippen molar-refractivity contribution in [3.05, 3.63) is 65.5 Å². The third-order valence-electron chi connectivity index (χ3n) is 5.37. The summed E-state index contributed by atoms with van der Waals surface area (Å²) >= 11 is 0. The molecule has 1 aliphatic carbocycles. The van der Waals surface area contributed by atoms with Gasteiger partial charge in [0.2, 0.25) is 5.91 Å². The van der Waals surface area contributed by atoms with Gasteiger partial charge in [0.05, 0.1) is 11.0 Å². The fraction of sp³-hybridized carbons (Fsp3) is 0.364. The molecule has 0 saturated heterocycles. The van der Waals surface area contributed by atoms with Crippen molar-refractivity contribution in [3.63, 3.8) is 0 Å². The van der Waals surface area contributed by atoms with Crippen LogP contribution < -0.4 is 5.32 Å². The molecule has 4 rings (SSSR count). The molecule has 1 saturated carbocycles. The summed E-state index contributed by atoms with van der Waals surface area (Å²) in [4.78, 5) is 17.4. The van der Waals surface area contributed by atoms with Crippen molar-refractivity contribution >= 4 is 16.9 Å². The topological polar surface area (TPSA) is 46.9 Å². The Morgan fingerprint density at radius 1 is 1.12 bits per heavy atom. The first-order valence-electron chi connectivity index (χ1n) is 9.49. The molecule has 1 N–H and O–H groups in total. The van der Waals surface area contributed by atoms with Gasteiger partial charge < -0.3 is 9.88 Å². The number of nitrogens with zero attached hydrogens (tertiary/aromatic N) is 2. The van der Waals surface area contributed by atoms with Gasteiger partial charge in [-0.05, 0) is 43.0 Å². The zero-order valence-electron chi connectivity index (χ0n) is 15.2. The molecule has 4 heteroatoms. The largest absolute Gasteiger partial charge is 0.352 e. The van der Waals surface area contributed by atoms with Gasteiger partial charge in [0.1, 0.15) is 12.4 Å². The highest BCUT2D eigenvalue weighted by Gasteiger charge is 2.19. The molecule has 1 amide bonds. The van der Waals surface area contributed by atoms with Crippen LogP contribution in [0.4, 0.5) is 0 Å². The minimum atomic E-state index is 0.0890. The molecule has 3 aromatic rings. The molecule has 1 fully saturated rings. The number of fused-ring (bicyclic) bond motifs is 1. The molecule has 2 aromatic carbocycles. The molecule has 1 aliphatic rings. The maximum atomic E-state index is 12.6. The molecule has 0 spiro atoms. The van der Waals surface area contributed by atoms with Crippen LogP contribution in [0.15, 0.2) is 48.5 Å². The number of carbonyl (C=O) groups is 1. The summed E-state index contributed by atoms with van der Waals surface area (Å²) < 4.78 is 2.08. The molecule has 26 heavy (non-hydrogen) atoms. The molecule has 0 atom stereocenters. The van der Waals surface area contributed by atoms with Gasteiger partial charge in [-0.2, -0.15) is 0 Å². The van der Waals surface area contributed by atoms with Gasteiger partial charge in [-0.15, -0.1) is 0 Å². The zero-order chi connectivity index (χ0) is 17.9. The summed E-state index contributed by atoms with van der Waals surface area (Å²) in [5, 5.41) is 3.20. The lowest BCUT2D eigenvalue weighted by Crippen LogP contribution is -2.35. The number of imidazole rings is 1. The summed E-state index contributed by atoms with van der Waals surface area (Å²) in [5.41, 5.74) is 4.48. The van der Waals surface area contributed by atoms with Crippen LogP contribution in [0.25, 0.3) is 11.0 Å². The van der Waals surface area contributed by atoms with E-state index in [1.165, 1.54) is 24.0 Å². The van der Waals surface area contributed by atoms with E-state index in [0.29, 0.717) is 12.6 Å². The number of benzene rings is 2. The number of amides is 1. The van der Waals surface area contributed by atoms with Gasteiger partial charge in [0, 0.05) is 12.5 Å². The van der Waals surface area contributed by atoms with E-state index in [1.807, 2.05) is 24.3 Å². The molecule has 0 unspecified atom stereocenters. The second-order valence-corrected chi connectivity index (χ2v) is 7.26. The Morgan fingerprint density at radius 3 is 2.65 bits per heavy atom. The molecular weight excluding hydrogens is 322 g/mol. The highest BCUT2D eigenvalue weighted by atomic mass is 16.2. The van der Waals surface area contributed by atoms with Crippen molar-refractivity contribution in [2.24, 2.45) is 0 Å². The summed E-state index contributed by atoms with van der Waals surface area (Å²) in [6.45, 7) is 2.45. The molecule has 0 radical (unpaired) electrons. The average Bonchev–Trinajstić information content (AvgIpc) is 3.26. The van der Waals surface area contributed by atoms with E-state index in [1.54, 1.807) is 0 Å². The molecule has 4 nitrogen and oxygen atoms in total. The number of nitrogens with one attached hydrogen (secondary N) is 1. The minimum absolute atomic E-state index is 0.0890. The Morgan fingerprint density at radius 2 is 1.85 bits per heavy atom. The number of hydrogen-bond acceptors (Lipinski definition) is 2. The van der Waals surface area contributed by atoms with Crippen LogP contribution in [-0.2, 0) is 17.8 Å². The van der Waals surface area contributed by atoms with Crippen LogP contribution in [0.1, 0.15) is 42.6 Å². The minimum Gasteiger partial charge on any atom is -0.352 e. The van der Waals surface area contributed by atoms with E-state index >= 15 is 0 Å². The highest BCUT2D eigenvalue weighted by molar-refractivity contribution is 5.81. The standard InChI is InChI=1S/C22H25N3O/c1-16-8-2-3-9-17(16)14-21-24-19-12-6-7-13-20(19)25(21)15-22(26)23-18-10-4-5-11-18/h2-3,6-9,12-13,18H,4-5,10-11,14-15H2,1H3,(H,23,26). The first-order valence-corrected chi connectivity index (χ1v) is 9.49. The fourth-order valence-corrected chi connectivity index (χ4v) is 3.90. The van der Waals surface area contributed by atoms with E-state index in [0.717, 1.165) is 36.1 Å². The van der Waals surface area contributed by atoms with Gasteiger partial charge >= 0.3 is 0 Å². The SMILES string of the molecule is Cc1ccccc1Cc1nc2ccccc2n1CC(=O)NC1CCCC1. The van der Waals surface area contributed by atoms with Crippen LogP contribution in [0, 0.1) is 6.92 Å². The quantitative estimate of drug-likeness (QED) is 0.758. The van der Waals surface area contributed by atoms with E-state index in [-0.39, 0.29) is 5.91 Å². The van der Waals surface area contributed by atoms with Crippen molar-refractivity contribution in [1.29, 1.82) is 0 Å². The molecule has 1 heterocycles. The maximum absolute atomic E-state index is 12.6. The van der Waals surface area contributed by atoms with E-state index < -0.39 is 0 Å². The Kier molecular flexibility index (Phi) is 4.74. The summed E-state index contributed by atoms with van der Waals surface area (Å²) in [6, 6.07) is 16.8. The van der Waals surface area contributed by atoms with Gasteiger partial charge in [0.15, 0.2) is 0 Å². The Hall–Kier alpha value is -2.62. The lowest BCUT2D eigenvalue weighted by atomic mass is 10.1. The third-order valence-corrected chi connectivity index (χ3v) is 5.37. The smallest absolute Gasteiger partial charge is 0.240 e. The van der Waals surface area contributed by atoms with Crippen molar-refractivity contribution in [2.75, 3.05) is 0 Å². The molecule has 0 bridgehead atoms. The molecular formula is C22H25N3O. The third kappa shape index (κ3) is 3.50. The van der Waals surface area contributed by atoms with Gasteiger partial charge in [0.25, 0.3) is 0 Å². The van der Waals surface area contributed by atoms with Gasteiger partial charge in [-0.25, -0.2) is 4.98 Å². The molecule has 134 valence electrons. The zero-order valence-corrected chi connectivity index (χ0v) is 15.2. The van der Waals surface area contributed by atoms with Gasteiger partial charge in [-0.1, -0.05) is 49.2 Å². The number of aryl methyl sites for hydroxylation is 1. The van der Waals surface area contributed by atoms with Crippen LogP contribution in [0.5, 0.6) is 0 Å². The van der Waals surface area contributed by atoms with Crippen molar-refractivity contribution in [1.82, 2.24) is 14.9 Å². The molecule has 0 aliphatic heterocycles. The number of carbonyl (C=O) groups excluding carboxylic acids is 1. The fourth-order valence-electron chi connectivity index (χ4n) is 3.90. The first kappa shape index (κ1) is 16.8. The van der Waals surface area contributed by atoms with E-state index in [2.05, 4.69) is 41.1 Å². The normalized spacial score (nSPS) is 14.8. The maximum Gasteiger partial charge on any atom is 0.240 e. The summed E-state index contributed by atoms with van der Waals surface area (Å²) in [5.74, 6) is 1.04. The Labute approximate surface area is 154 Å². The second kappa shape index (κ2) is 7.32. The van der Waals surface area contributed by atoms with Crippen LogP contribution in [0.3, 0.4) is 0 Å². The van der Waals surface area contributed by atoms with Crippen LogP contribution in [0.2, 0.25) is 0 Å². The first-order chi connectivity index (χ1) is 12.7. The van der Waals surface area contributed by atoms with Crippen molar-refractivity contribution in [3.8, 4) is 0 Å². The van der Waals surface area contributed by atoms with E-state index in [4.69, 9.17) is 4.98 Å². The Bertz CT molecular complexity index is 922. The van der Waals surface area contributed by atoms with Crippen molar-refractivity contribution < 1.29 is 4.79 Å². The number of para-hydroxylation sites is 2. The van der Waals surface area contributed by atoms with Crippen molar-refractivity contribution in [2.45, 2.75) is 51.6 Å². The van der Waals surface area contributed by atoms with Crippen LogP contribution >= 0.6 is 0 Å². The lowest BCUT2D eigenvalue weighted by molar-refractivity contribution is -0.122. The number of hydrogen-bond donors (Lipinski definition) is 1. The number of aromatic nitrogens is 2. The predicted octanol–water partition coefficient (Wildman–Crippen LogP) is 3.99. The second-order valence-electron chi connectivity index (χ2n) is 7.26. The molecule has 1 aromatic heterocycles.